The molecule has 0 aliphatic heterocycles. The molecule has 5 heteroatoms. The first kappa shape index (κ1) is 15.5. The molecule has 0 aromatic heterocycles. The molecule has 1 saturated carbocycles. The van der Waals surface area contributed by atoms with Gasteiger partial charge in [0.25, 0.3) is 0 Å². The van der Waals surface area contributed by atoms with Crippen molar-refractivity contribution >= 4 is 33.9 Å². The standard InChI is InChI=1S/C16H18BrN3O/c1-11(16(18)20(10-21)14-8-9-14)15(17)19-12(2)13-6-4-3-5-7-13/h3-7,10,14,18-19H,2,8-9H2,1H3/b15-11+,18-16?. The summed E-state index contributed by atoms with van der Waals surface area (Å²) < 4.78 is 0.647. The predicted molar refractivity (Wildman–Crippen MR) is 88.9 cm³/mol. The van der Waals surface area contributed by atoms with Gasteiger partial charge in [-0.1, -0.05) is 36.9 Å². The maximum absolute atomic E-state index is 11.1. The number of amides is 1. The van der Waals surface area contributed by atoms with Crippen molar-refractivity contribution in [1.29, 1.82) is 5.41 Å². The lowest BCUT2D eigenvalue weighted by atomic mass is 10.2. The average molecular weight is 348 g/mol. The fourth-order valence-electron chi connectivity index (χ4n) is 1.91. The van der Waals surface area contributed by atoms with E-state index < -0.39 is 0 Å². The molecule has 1 aromatic carbocycles. The summed E-state index contributed by atoms with van der Waals surface area (Å²) in [6, 6.07) is 9.92. The molecule has 0 unspecified atom stereocenters. The lowest BCUT2D eigenvalue weighted by Gasteiger charge is -2.20. The zero-order valence-corrected chi connectivity index (χ0v) is 13.5. The summed E-state index contributed by atoms with van der Waals surface area (Å²) in [5.41, 5.74) is 2.38. The summed E-state index contributed by atoms with van der Waals surface area (Å²) in [6.07, 6.45) is 2.67. The van der Waals surface area contributed by atoms with Gasteiger partial charge in [0.05, 0.1) is 4.61 Å². The van der Waals surface area contributed by atoms with Crippen LogP contribution in [0.3, 0.4) is 0 Å². The van der Waals surface area contributed by atoms with Crippen LogP contribution >= 0.6 is 15.9 Å². The molecule has 1 fully saturated rings. The lowest BCUT2D eigenvalue weighted by Crippen LogP contribution is -2.32. The van der Waals surface area contributed by atoms with Crippen molar-refractivity contribution in [2.24, 2.45) is 0 Å². The second kappa shape index (κ2) is 6.72. The van der Waals surface area contributed by atoms with E-state index in [9.17, 15) is 4.79 Å². The largest absolute Gasteiger partial charge is 0.349 e. The molecule has 4 nitrogen and oxygen atoms in total. The Kier molecular flexibility index (Phi) is 4.96. The first-order chi connectivity index (χ1) is 10.0. The lowest BCUT2D eigenvalue weighted by molar-refractivity contribution is -0.115. The van der Waals surface area contributed by atoms with Gasteiger partial charge in [-0.25, -0.2) is 0 Å². The van der Waals surface area contributed by atoms with Crippen molar-refractivity contribution in [3.63, 3.8) is 0 Å². The predicted octanol–water partition coefficient (Wildman–Crippen LogP) is 3.47. The first-order valence-electron chi connectivity index (χ1n) is 6.75. The summed E-state index contributed by atoms with van der Waals surface area (Å²) in [5, 5.41) is 11.3. The number of rotatable bonds is 6. The van der Waals surface area contributed by atoms with Gasteiger partial charge >= 0.3 is 0 Å². The molecule has 0 spiro atoms. The maximum Gasteiger partial charge on any atom is 0.215 e. The van der Waals surface area contributed by atoms with Gasteiger partial charge in [0.1, 0.15) is 5.84 Å². The van der Waals surface area contributed by atoms with E-state index in [1.54, 1.807) is 6.92 Å². The molecule has 1 aliphatic rings. The number of halogens is 1. The molecular weight excluding hydrogens is 330 g/mol. The van der Waals surface area contributed by atoms with Crippen molar-refractivity contribution in [3.05, 3.63) is 52.7 Å². The fourth-order valence-corrected chi connectivity index (χ4v) is 2.34. The second-order valence-corrected chi connectivity index (χ2v) is 5.79. The van der Waals surface area contributed by atoms with Crippen LogP contribution in [-0.2, 0) is 4.79 Å². The van der Waals surface area contributed by atoms with Crippen LogP contribution < -0.4 is 5.32 Å². The molecule has 110 valence electrons. The number of nitrogens with one attached hydrogen (secondary N) is 2. The molecule has 2 rings (SSSR count). The van der Waals surface area contributed by atoms with Crippen molar-refractivity contribution in [1.82, 2.24) is 10.2 Å². The smallest absolute Gasteiger partial charge is 0.215 e. The van der Waals surface area contributed by atoms with Crippen molar-refractivity contribution in [2.45, 2.75) is 25.8 Å². The van der Waals surface area contributed by atoms with E-state index in [-0.39, 0.29) is 11.9 Å². The van der Waals surface area contributed by atoms with Crippen molar-refractivity contribution < 1.29 is 4.79 Å². The van der Waals surface area contributed by atoms with Crippen LogP contribution in [0.25, 0.3) is 5.70 Å². The Balaban J connectivity index is 2.09. The fraction of sp³-hybridized carbons (Fsp3) is 0.250. The van der Waals surface area contributed by atoms with Gasteiger partial charge in [-0.05, 0) is 41.3 Å². The van der Waals surface area contributed by atoms with Crippen LogP contribution in [-0.4, -0.2) is 23.2 Å². The number of carbonyl (C=O) groups is 1. The van der Waals surface area contributed by atoms with Crippen LogP contribution in [0.5, 0.6) is 0 Å². The molecule has 0 radical (unpaired) electrons. The Hall–Kier alpha value is -1.88. The van der Waals surface area contributed by atoms with E-state index in [0.717, 1.165) is 30.5 Å². The Morgan fingerprint density at radius 3 is 2.57 bits per heavy atom. The number of carbonyl (C=O) groups excluding carboxylic acids is 1. The Morgan fingerprint density at radius 2 is 2.05 bits per heavy atom. The van der Waals surface area contributed by atoms with Gasteiger partial charge < -0.3 is 5.32 Å². The van der Waals surface area contributed by atoms with E-state index in [2.05, 4.69) is 27.8 Å². The van der Waals surface area contributed by atoms with Crippen molar-refractivity contribution in [3.8, 4) is 0 Å². The molecule has 0 atom stereocenters. The summed E-state index contributed by atoms with van der Waals surface area (Å²) in [6.45, 7) is 5.79. The SMILES string of the molecule is C=C(N/C(Br)=C(\C)C(=N)N(C=O)C1CC1)c1ccccc1. The number of hydrogen-bond donors (Lipinski definition) is 2. The molecule has 2 N–H and O–H groups in total. The monoisotopic (exact) mass is 347 g/mol. The van der Waals surface area contributed by atoms with E-state index >= 15 is 0 Å². The third-order valence-corrected chi connectivity index (χ3v) is 4.17. The number of amidine groups is 1. The molecule has 21 heavy (non-hydrogen) atoms. The number of nitrogens with zero attached hydrogens (tertiary/aromatic N) is 1. The molecule has 1 aliphatic carbocycles. The van der Waals surface area contributed by atoms with E-state index in [4.69, 9.17) is 5.41 Å². The molecule has 0 saturated heterocycles. The molecule has 0 bridgehead atoms. The quantitative estimate of drug-likeness (QED) is 0.358. The number of hydrogen-bond acceptors (Lipinski definition) is 3. The third kappa shape index (κ3) is 3.82. The van der Waals surface area contributed by atoms with Gasteiger partial charge in [0, 0.05) is 17.3 Å². The van der Waals surface area contributed by atoms with E-state index in [1.807, 2.05) is 30.3 Å². The van der Waals surface area contributed by atoms with Crippen molar-refractivity contribution in [2.75, 3.05) is 0 Å². The molecule has 0 heterocycles. The summed E-state index contributed by atoms with van der Waals surface area (Å²) >= 11 is 3.43. The van der Waals surface area contributed by atoms with Crippen LogP contribution in [0.15, 0.2) is 47.1 Å². The summed E-state index contributed by atoms with van der Waals surface area (Å²) in [7, 11) is 0. The van der Waals surface area contributed by atoms with E-state index in [0.29, 0.717) is 10.2 Å². The Bertz CT molecular complexity index is 591. The maximum atomic E-state index is 11.1. The van der Waals surface area contributed by atoms with Gasteiger partial charge in [-0.15, -0.1) is 0 Å². The minimum absolute atomic E-state index is 0.183. The summed E-state index contributed by atoms with van der Waals surface area (Å²) in [5.74, 6) is 0.215. The van der Waals surface area contributed by atoms with Crippen LogP contribution in [0.4, 0.5) is 0 Å². The highest BCUT2D eigenvalue weighted by atomic mass is 79.9. The highest BCUT2D eigenvalue weighted by Gasteiger charge is 2.31. The Labute approximate surface area is 133 Å². The minimum atomic E-state index is 0.183. The van der Waals surface area contributed by atoms with Gasteiger partial charge in [0.2, 0.25) is 6.41 Å². The molecule has 1 aromatic rings. The summed E-state index contributed by atoms with van der Waals surface area (Å²) in [4.78, 5) is 12.6. The van der Waals surface area contributed by atoms with Crippen LogP contribution in [0.2, 0.25) is 0 Å². The molecular formula is C16H18BrN3O. The zero-order chi connectivity index (χ0) is 15.4. The normalized spacial score (nSPS) is 15.0. The third-order valence-electron chi connectivity index (χ3n) is 3.38. The second-order valence-electron chi connectivity index (χ2n) is 5.00. The first-order valence-corrected chi connectivity index (χ1v) is 7.54. The van der Waals surface area contributed by atoms with Crippen LogP contribution in [0, 0.1) is 5.41 Å². The molecule has 1 amide bonds. The number of benzene rings is 1. The minimum Gasteiger partial charge on any atom is -0.349 e. The zero-order valence-electron chi connectivity index (χ0n) is 11.9. The van der Waals surface area contributed by atoms with Gasteiger partial charge in [-0.2, -0.15) is 0 Å². The average Bonchev–Trinajstić information content (AvgIpc) is 3.32. The highest BCUT2D eigenvalue weighted by Crippen LogP contribution is 2.28. The highest BCUT2D eigenvalue weighted by molar-refractivity contribution is 9.11. The van der Waals surface area contributed by atoms with E-state index in [1.165, 1.54) is 4.90 Å². The Morgan fingerprint density at radius 1 is 1.43 bits per heavy atom. The van der Waals surface area contributed by atoms with Gasteiger partial charge in [0.15, 0.2) is 0 Å². The van der Waals surface area contributed by atoms with Crippen LogP contribution in [0.1, 0.15) is 25.3 Å². The topological polar surface area (TPSA) is 56.2 Å². The van der Waals surface area contributed by atoms with Gasteiger partial charge in [-0.3, -0.25) is 15.1 Å².